The van der Waals surface area contributed by atoms with E-state index in [1.807, 2.05) is 27.7 Å². The summed E-state index contributed by atoms with van der Waals surface area (Å²) < 4.78 is 34.8. The van der Waals surface area contributed by atoms with Crippen LogP contribution in [-0.4, -0.2) is 55.5 Å². The lowest BCUT2D eigenvalue weighted by atomic mass is 10.1. The first-order valence-electron chi connectivity index (χ1n) is 7.19. The second-order valence-electron chi connectivity index (χ2n) is 6.42. The van der Waals surface area contributed by atoms with Gasteiger partial charge in [-0.15, -0.1) is 6.42 Å². The van der Waals surface area contributed by atoms with E-state index in [4.69, 9.17) is 34.8 Å². The van der Waals surface area contributed by atoms with Crippen molar-refractivity contribution < 1.29 is 28.4 Å². The summed E-state index contributed by atoms with van der Waals surface area (Å²) >= 11 is 0. The Morgan fingerprint density at radius 2 is 1.86 bits per heavy atom. The molecule has 0 radical (unpaired) electrons. The van der Waals surface area contributed by atoms with Crippen LogP contribution in [0.15, 0.2) is 0 Å². The molecule has 0 amide bonds. The smallest absolute Gasteiger partial charge is 0.190 e. The van der Waals surface area contributed by atoms with Gasteiger partial charge in [-0.2, -0.15) is 0 Å². The van der Waals surface area contributed by atoms with Crippen LogP contribution in [0.1, 0.15) is 27.7 Å². The van der Waals surface area contributed by atoms with Gasteiger partial charge in [0.1, 0.15) is 31.0 Å². The predicted octanol–water partition coefficient (Wildman–Crippen LogP) is 1.03. The Morgan fingerprint density at radius 1 is 1.10 bits per heavy atom. The zero-order valence-corrected chi connectivity index (χ0v) is 12.8. The van der Waals surface area contributed by atoms with E-state index in [1.165, 1.54) is 0 Å². The van der Waals surface area contributed by atoms with Gasteiger partial charge < -0.3 is 28.4 Å². The number of hydrogen-bond acceptors (Lipinski definition) is 6. The van der Waals surface area contributed by atoms with Gasteiger partial charge in [0.2, 0.25) is 0 Å². The van der Waals surface area contributed by atoms with Gasteiger partial charge in [-0.1, -0.05) is 5.92 Å². The lowest BCUT2D eigenvalue weighted by molar-refractivity contribution is -0.235. The summed E-state index contributed by atoms with van der Waals surface area (Å²) in [5.41, 5.74) is 0. The third kappa shape index (κ3) is 2.95. The molecule has 21 heavy (non-hydrogen) atoms. The van der Waals surface area contributed by atoms with E-state index in [1.54, 1.807) is 0 Å². The lowest BCUT2D eigenvalue weighted by Gasteiger charge is -2.28. The molecule has 0 spiro atoms. The molecule has 0 saturated carbocycles. The first kappa shape index (κ1) is 15.2. The fourth-order valence-electron chi connectivity index (χ4n) is 3.01. The highest BCUT2D eigenvalue weighted by molar-refractivity contribution is 4.99. The molecule has 6 nitrogen and oxygen atoms in total. The molecule has 0 bridgehead atoms. The average molecular weight is 298 g/mol. The molecular formula is C15H22O6. The summed E-state index contributed by atoms with van der Waals surface area (Å²) in [6, 6.07) is 0. The normalized spacial score (nSPS) is 43.7. The maximum Gasteiger partial charge on any atom is 0.190 e. The van der Waals surface area contributed by atoms with Gasteiger partial charge in [0.25, 0.3) is 0 Å². The van der Waals surface area contributed by atoms with E-state index in [-0.39, 0.29) is 31.0 Å². The first-order valence-corrected chi connectivity index (χ1v) is 7.19. The molecule has 1 unspecified atom stereocenters. The average Bonchev–Trinajstić information content (AvgIpc) is 2.96. The van der Waals surface area contributed by atoms with Crippen LogP contribution >= 0.6 is 0 Å². The summed E-state index contributed by atoms with van der Waals surface area (Å²) in [5, 5.41) is 0. The van der Waals surface area contributed by atoms with Crippen LogP contribution in [0.25, 0.3) is 0 Å². The summed E-state index contributed by atoms with van der Waals surface area (Å²) in [4.78, 5) is 0. The lowest BCUT2D eigenvalue weighted by Crippen LogP contribution is -2.44. The Morgan fingerprint density at radius 3 is 2.48 bits per heavy atom. The molecule has 3 heterocycles. The molecule has 0 aromatic heterocycles. The molecule has 118 valence electrons. The fourth-order valence-corrected chi connectivity index (χ4v) is 3.01. The number of fused-ring (bicyclic) bond motifs is 1. The number of hydrogen-bond donors (Lipinski definition) is 0. The molecule has 3 aliphatic heterocycles. The molecule has 3 saturated heterocycles. The second kappa shape index (κ2) is 5.20. The molecule has 3 fully saturated rings. The van der Waals surface area contributed by atoms with Crippen LogP contribution in [0.4, 0.5) is 0 Å². The Hall–Kier alpha value is -0.680. The summed E-state index contributed by atoms with van der Waals surface area (Å²) in [6.07, 6.45) is 3.61. The standard InChI is InChI=1S/C15H22O6/c1-6-7-16-11-10(9-8-17-14(2,3)19-9)18-13-12(11)20-15(4,5)21-13/h1,9-13H,7-8H2,2-5H3/t9?,10-,11+,12-,13-/m1/s1. The van der Waals surface area contributed by atoms with Crippen molar-refractivity contribution in [2.75, 3.05) is 13.2 Å². The van der Waals surface area contributed by atoms with Gasteiger partial charge in [-0.05, 0) is 27.7 Å². The van der Waals surface area contributed by atoms with Crippen LogP contribution in [0, 0.1) is 12.3 Å². The molecular weight excluding hydrogens is 276 g/mol. The fraction of sp³-hybridized carbons (Fsp3) is 0.867. The van der Waals surface area contributed by atoms with Gasteiger partial charge >= 0.3 is 0 Å². The third-order valence-corrected chi connectivity index (χ3v) is 3.78. The summed E-state index contributed by atoms with van der Waals surface area (Å²) in [7, 11) is 0. The monoisotopic (exact) mass is 298 g/mol. The molecule has 0 aliphatic carbocycles. The maximum atomic E-state index is 5.96. The van der Waals surface area contributed by atoms with E-state index in [0.29, 0.717) is 6.61 Å². The van der Waals surface area contributed by atoms with Crippen molar-refractivity contribution in [3.63, 3.8) is 0 Å². The van der Waals surface area contributed by atoms with Crippen LogP contribution in [0.3, 0.4) is 0 Å². The van der Waals surface area contributed by atoms with E-state index in [9.17, 15) is 0 Å². The molecule has 6 heteroatoms. The predicted molar refractivity (Wildman–Crippen MR) is 72.2 cm³/mol. The molecule has 3 rings (SSSR count). The van der Waals surface area contributed by atoms with Crippen LogP contribution in [0.5, 0.6) is 0 Å². The zero-order valence-electron chi connectivity index (χ0n) is 12.8. The Bertz CT molecular complexity index is 440. The van der Waals surface area contributed by atoms with Gasteiger partial charge in [-0.25, -0.2) is 0 Å². The first-order chi connectivity index (χ1) is 9.81. The van der Waals surface area contributed by atoms with E-state index in [0.717, 1.165) is 0 Å². The van der Waals surface area contributed by atoms with E-state index in [2.05, 4.69) is 5.92 Å². The molecule has 3 aliphatic rings. The van der Waals surface area contributed by atoms with Crippen molar-refractivity contribution in [1.29, 1.82) is 0 Å². The Kier molecular flexibility index (Phi) is 3.77. The molecule has 0 aromatic rings. The number of ether oxygens (including phenoxy) is 6. The van der Waals surface area contributed by atoms with Crippen molar-refractivity contribution in [1.82, 2.24) is 0 Å². The van der Waals surface area contributed by atoms with Crippen molar-refractivity contribution in [2.24, 2.45) is 0 Å². The van der Waals surface area contributed by atoms with E-state index >= 15 is 0 Å². The Labute approximate surface area is 125 Å². The minimum atomic E-state index is -0.690. The second-order valence-corrected chi connectivity index (χ2v) is 6.42. The van der Waals surface area contributed by atoms with E-state index < -0.39 is 17.9 Å². The van der Waals surface area contributed by atoms with Crippen molar-refractivity contribution in [2.45, 2.75) is 70.0 Å². The zero-order chi connectivity index (χ0) is 15.3. The van der Waals surface area contributed by atoms with Crippen molar-refractivity contribution in [3.05, 3.63) is 0 Å². The molecule has 0 N–H and O–H groups in total. The van der Waals surface area contributed by atoms with Crippen molar-refractivity contribution >= 4 is 0 Å². The summed E-state index contributed by atoms with van der Waals surface area (Å²) in [5.74, 6) is 1.16. The summed E-state index contributed by atoms with van der Waals surface area (Å²) in [6.45, 7) is 8.07. The maximum absolute atomic E-state index is 5.96. The third-order valence-electron chi connectivity index (χ3n) is 3.78. The highest BCUT2D eigenvalue weighted by Gasteiger charge is 2.58. The van der Waals surface area contributed by atoms with Gasteiger partial charge in [0.05, 0.1) is 6.61 Å². The molecule has 0 aromatic carbocycles. The van der Waals surface area contributed by atoms with Crippen molar-refractivity contribution in [3.8, 4) is 12.3 Å². The number of terminal acetylenes is 1. The molecule has 5 atom stereocenters. The van der Waals surface area contributed by atoms with Gasteiger partial charge in [0.15, 0.2) is 17.9 Å². The minimum Gasteiger partial charge on any atom is -0.360 e. The largest absolute Gasteiger partial charge is 0.360 e. The van der Waals surface area contributed by atoms with Crippen LogP contribution < -0.4 is 0 Å². The SMILES string of the molecule is C#CCO[C@@H]1[C@H]2OC(C)(C)O[C@H]2O[C@@H]1C1COC(C)(C)O1. The highest BCUT2D eigenvalue weighted by atomic mass is 16.8. The highest BCUT2D eigenvalue weighted by Crippen LogP contribution is 2.41. The van der Waals surface area contributed by atoms with Gasteiger partial charge in [-0.3, -0.25) is 0 Å². The topological polar surface area (TPSA) is 55.4 Å². The quantitative estimate of drug-likeness (QED) is 0.726. The van der Waals surface area contributed by atoms with Crippen LogP contribution in [0.2, 0.25) is 0 Å². The number of rotatable bonds is 3. The Balaban J connectivity index is 1.74. The van der Waals surface area contributed by atoms with Crippen LogP contribution in [-0.2, 0) is 28.4 Å². The minimum absolute atomic E-state index is 0.189. The van der Waals surface area contributed by atoms with Gasteiger partial charge in [0, 0.05) is 0 Å².